The number of ether oxygens (including phenoxy) is 2. The van der Waals surface area contributed by atoms with E-state index < -0.39 is 6.29 Å². The minimum Gasteiger partial charge on any atom is -0.395 e. The zero-order valence-electron chi connectivity index (χ0n) is 9.11. The fraction of sp³-hybridized carbons (Fsp3) is 0.182. The number of nitrogens with one attached hydrogen (secondary N) is 2. The van der Waals surface area contributed by atoms with Crippen molar-refractivity contribution in [3.63, 3.8) is 0 Å². The van der Waals surface area contributed by atoms with Gasteiger partial charge in [0.15, 0.2) is 11.5 Å². The molecule has 0 aliphatic carbocycles. The number of halogens is 2. The van der Waals surface area contributed by atoms with E-state index in [-0.39, 0.29) is 11.5 Å². The Morgan fingerprint density at radius 3 is 2.83 bits per heavy atom. The number of rotatable bonds is 3. The van der Waals surface area contributed by atoms with Crippen LogP contribution < -0.4 is 14.8 Å². The number of hydrogen-bond donors (Lipinski definition) is 2. The fourth-order valence-electron chi connectivity index (χ4n) is 1.64. The molecule has 94 valence electrons. The topological polar surface area (TPSA) is 59.2 Å². The van der Waals surface area contributed by atoms with Gasteiger partial charge in [-0.15, -0.1) is 8.78 Å². The van der Waals surface area contributed by atoms with E-state index in [2.05, 4.69) is 25.0 Å². The number of aromatic nitrogens is 2. The van der Waals surface area contributed by atoms with Crippen molar-refractivity contribution >= 4 is 5.69 Å². The molecular formula is C11H9F2N3O2. The van der Waals surface area contributed by atoms with Crippen LogP contribution in [0, 0.1) is 0 Å². The Morgan fingerprint density at radius 1 is 1.22 bits per heavy atom. The van der Waals surface area contributed by atoms with Crippen LogP contribution in [-0.4, -0.2) is 16.5 Å². The summed E-state index contributed by atoms with van der Waals surface area (Å²) < 4.78 is 34.3. The third kappa shape index (κ3) is 2.06. The zero-order valence-corrected chi connectivity index (χ0v) is 9.11. The van der Waals surface area contributed by atoms with Crippen molar-refractivity contribution < 1.29 is 18.3 Å². The predicted octanol–water partition coefficient (Wildman–Crippen LogP) is 2.34. The van der Waals surface area contributed by atoms with Gasteiger partial charge in [-0.2, -0.15) is 5.10 Å². The van der Waals surface area contributed by atoms with Crippen LogP contribution >= 0.6 is 0 Å². The van der Waals surface area contributed by atoms with Crippen LogP contribution in [0.1, 0.15) is 5.69 Å². The monoisotopic (exact) mass is 253 g/mol. The molecule has 2 N–H and O–H groups in total. The maximum Gasteiger partial charge on any atom is 0.586 e. The van der Waals surface area contributed by atoms with Gasteiger partial charge in [-0.1, -0.05) is 0 Å². The van der Waals surface area contributed by atoms with E-state index in [1.54, 1.807) is 12.3 Å². The van der Waals surface area contributed by atoms with Crippen molar-refractivity contribution in [3.8, 4) is 11.5 Å². The van der Waals surface area contributed by atoms with Gasteiger partial charge in [0.05, 0.1) is 12.2 Å². The van der Waals surface area contributed by atoms with Gasteiger partial charge in [0.25, 0.3) is 0 Å². The lowest BCUT2D eigenvalue weighted by Gasteiger charge is -2.05. The van der Waals surface area contributed by atoms with Gasteiger partial charge in [-0.25, -0.2) is 0 Å². The average molecular weight is 253 g/mol. The molecule has 0 spiro atoms. The highest BCUT2D eigenvalue weighted by molar-refractivity contribution is 5.56. The number of benzene rings is 1. The summed E-state index contributed by atoms with van der Waals surface area (Å²) in [6.45, 7) is 0.510. The fourth-order valence-corrected chi connectivity index (χ4v) is 1.64. The van der Waals surface area contributed by atoms with Gasteiger partial charge in [0, 0.05) is 18.0 Å². The molecule has 2 heterocycles. The highest BCUT2D eigenvalue weighted by Crippen LogP contribution is 2.42. The molecule has 0 unspecified atom stereocenters. The lowest BCUT2D eigenvalue weighted by Crippen LogP contribution is -2.25. The first kappa shape index (κ1) is 10.8. The van der Waals surface area contributed by atoms with Crippen LogP contribution in [-0.2, 0) is 6.54 Å². The summed E-state index contributed by atoms with van der Waals surface area (Å²) in [5.74, 6) is 0.0571. The Balaban J connectivity index is 1.72. The number of aromatic amines is 1. The molecule has 7 heteroatoms. The van der Waals surface area contributed by atoms with E-state index in [0.717, 1.165) is 5.69 Å². The molecule has 0 amide bonds. The van der Waals surface area contributed by atoms with Crippen LogP contribution in [0.4, 0.5) is 14.5 Å². The molecule has 2 aromatic rings. The van der Waals surface area contributed by atoms with E-state index in [0.29, 0.717) is 12.2 Å². The van der Waals surface area contributed by atoms with E-state index >= 15 is 0 Å². The molecule has 0 saturated heterocycles. The second kappa shape index (κ2) is 3.86. The smallest absolute Gasteiger partial charge is 0.395 e. The second-order valence-electron chi connectivity index (χ2n) is 3.76. The summed E-state index contributed by atoms with van der Waals surface area (Å²) in [5, 5.41) is 9.64. The lowest BCUT2D eigenvalue weighted by atomic mass is 10.2. The normalized spacial score (nSPS) is 15.7. The first-order chi connectivity index (χ1) is 8.62. The molecule has 1 aliphatic heterocycles. The Kier molecular flexibility index (Phi) is 2.32. The summed E-state index contributed by atoms with van der Waals surface area (Å²) in [7, 11) is 0. The predicted molar refractivity (Wildman–Crippen MR) is 58.6 cm³/mol. The van der Waals surface area contributed by atoms with Crippen LogP contribution in [0.5, 0.6) is 11.5 Å². The molecule has 0 atom stereocenters. The van der Waals surface area contributed by atoms with Crippen molar-refractivity contribution in [2.75, 3.05) is 5.32 Å². The van der Waals surface area contributed by atoms with E-state index in [1.165, 1.54) is 12.1 Å². The van der Waals surface area contributed by atoms with Crippen molar-refractivity contribution in [1.82, 2.24) is 10.2 Å². The van der Waals surface area contributed by atoms with Crippen molar-refractivity contribution in [2.45, 2.75) is 12.8 Å². The Labute approximate surface area is 101 Å². The number of alkyl halides is 2. The van der Waals surface area contributed by atoms with Crippen LogP contribution in [0.2, 0.25) is 0 Å². The van der Waals surface area contributed by atoms with E-state index in [1.807, 2.05) is 6.07 Å². The number of anilines is 1. The number of hydrogen-bond acceptors (Lipinski definition) is 4. The number of nitrogens with zero attached hydrogens (tertiary/aromatic N) is 1. The molecule has 1 aromatic heterocycles. The SMILES string of the molecule is FC1(F)Oc2ccc(NCc3ccn[nH]3)cc2O1. The largest absolute Gasteiger partial charge is 0.586 e. The highest BCUT2D eigenvalue weighted by atomic mass is 19.3. The maximum absolute atomic E-state index is 12.8. The van der Waals surface area contributed by atoms with Gasteiger partial charge < -0.3 is 14.8 Å². The Morgan fingerprint density at radius 2 is 2.06 bits per heavy atom. The molecule has 0 radical (unpaired) electrons. The molecular weight excluding hydrogens is 244 g/mol. The maximum atomic E-state index is 12.8. The van der Waals surface area contributed by atoms with E-state index in [4.69, 9.17) is 0 Å². The summed E-state index contributed by atoms with van der Waals surface area (Å²) in [5.41, 5.74) is 1.54. The van der Waals surface area contributed by atoms with Gasteiger partial charge in [0.1, 0.15) is 0 Å². The molecule has 1 aliphatic rings. The first-order valence-electron chi connectivity index (χ1n) is 5.24. The van der Waals surface area contributed by atoms with Gasteiger partial charge in [-0.05, 0) is 18.2 Å². The van der Waals surface area contributed by atoms with Crippen molar-refractivity contribution in [3.05, 3.63) is 36.2 Å². The third-order valence-corrected chi connectivity index (χ3v) is 2.44. The first-order valence-corrected chi connectivity index (χ1v) is 5.24. The van der Waals surface area contributed by atoms with Gasteiger partial charge in [-0.3, -0.25) is 5.10 Å². The standard InChI is InChI=1S/C11H9F2N3O2/c12-11(13)17-9-2-1-7(5-10(9)18-11)14-6-8-3-4-15-16-8/h1-5,14H,6H2,(H,15,16). The number of fused-ring (bicyclic) bond motifs is 1. The molecule has 18 heavy (non-hydrogen) atoms. The Hall–Kier alpha value is -2.31. The van der Waals surface area contributed by atoms with Crippen LogP contribution in [0.3, 0.4) is 0 Å². The minimum absolute atomic E-state index is 0.0228. The molecule has 1 aromatic carbocycles. The van der Waals surface area contributed by atoms with Gasteiger partial charge in [0.2, 0.25) is 0 Å². The number of H-pyrrole nitrogens is 1. The van der Waals surface area contributed by atoms with Crippen molar-refractivity contribution in [2.24, 2.45) is 0 Å². The minimum atomic E-state index is -3.58. The molecule has 0 saturated carbocycles. The van der Waals surface area contributed by atoms with Gasteiger partial charge >= 0.3 is 6.29 Å². The molecule has 3 rings (SSSR count). The summed E-state index contributed by atoms with van der Waals surface area (Å²) >= 11 is 0. The molecule has 0 fully saturated rings. The quantitative estimate of drug-likeness (QED) is 0.881. The van der Waals surface area contributed by atoms with Crippen LogP contribution in [0.15, 0.2) is 30.5 Å². The summed E-state index contributed by atoms with van der Waals surface area (Å²) in [6.07, 6.45) is -1.94. The summed E-state index contributed by atoms with van der Waals surface area (Å²) in [6, 6.07) is 6.35. The lowest BCUT2D eigenvalue weighted by molar-refractivity contribution is -0.286. The second-order valence-corrected chi connectivity index (χ2v) is 3.76. The summed E-state index contributed by atoms with van der Waals surface area (Å²) in [4.78, 5) is 0. The van der Waals surface area contributed by atoms with E-state index in [9.17, 15) is 8.78 Å². The molecule has 0 bridgehead atoms. The Bertz CT molecular complexity index is 557. The van der Waals surface area contributed by atoms with Crippen LogP contribution in [0.25, 0.3) is 0 Å². The molecule has 5 nitrogen and oxygen atoms in total. The highest BCUT2D eigenvalue weighted by Gasteiger charge is 2.43. The van der Waals surface area contributed by atoms with Crippen molar-refractivity contribution in [1.29, 1.82) is 0 Å². The average Bonchev–Trinajstić information content (AvgIpc) is 2.90. The zero-order chi connectivity index (χ0) is 12.6. The third-order valence-electron chi connectivity index (χ3n) is 2.44.